The molecule has 0 spiro atoms. The smallest absolute Gasteiger partial charge is 0.0479 e. The highest BCUT2D eigenvalue weighted by Crippen LogP contribution is 2.16. The van der Waals surface area contributed by atoms with Crippen LogP contribution in [0.1, 0.15) is 26.2 Å². The number of methoxy groups -OCH3 is 2. The van der Waals surface area contributed by atoms with Gasteiger partial charge in [-0.25, -0.2) is 0 Å². The van der Waals surface area contributed by atoms with Crippen LogP contribution in [0, 0.1) is 0 Å². The van der Waals surface area contributed by atoms with Crippen molar-refractivity contribution in [2.75, 3.05) is 27.4 Å². The van der Waals surface area contributed by atoms with E-state index in [9.17, 15) is 0 Å². The maximum atomic E-state index is 6.11. The fourth-order valence-electron chi connectivity index (χ4n) is 1.09. The molecule has 0 aromatic carbocycles. The number of hydrogen-bond acceptors (Lipinski definition) is 3. The van der Waals surface area contributed by atoms with Crippen LogP contribution in [-0.2, 0) is 9.47 Å². The lowest BCUT2D eigenvalue weighted by molar-refractivity contribution is 0.131. The lowest BCUT2D eigenvalue weighted by Crippen LogP contribution is -2.41. The lowest BCUT2D eigenvalue weighted by atomic mass is 9.90. The van der Waals surface area contributed by atoms with Crippen LogP contribution in [0.3, 0.4) is 0 Å². The van der Waals surface area contributed by atoms with Crippen LogP contribution in [0.2, 0.25) is 0 Å². The molecule has 2 N–H and O–H groups in total. The Bertz CT molecular complexity index is 98.7. The standard InChI is InChI=1S/C9H21NO2/c1-4-9(10,5-7-11-2)6-8-12-3/h4-8,10H2,1-3H3. The molecule has 0 aliphatic carbocycles. The average Bonchev–Trinajstić information content (AvgIpc) is 2.11. The van der Waals surface area contributed by atoms with E-state index in [4.69, 9.17) is 15.2 Å². The molecule has 74 valence electrons. The third kappa shape index (κ3) is 4.70. The highest BCUT2D eigenvalue weighted by atomic mass is 16.5. The van der Waals surface area contributed by atoms with Crippen LogP contribution in [0.5, 0.6) is 0 Å². The molecule has 0 aliphatic rings. The van der Waals surface area contributed by atoms with Gasteiger partial charge in [-0.05, 0) is 19.3 Å². The second-order valence-electron chi connectivity index (χ2n) is 3.20. The van der Waals surface area contributed by atoms with Gasteiger partial charge < -0.3 is 15.2 Å². The van der Waals surface area contributed by atoms with E-state index >= 15 is 0 Å². The highest BCUT2D eigenvalue weighted by molar-refractivity contribution is 4.81. The number of nitrogens with two attached hydrogens (primary N) is 1. The number of hydrogen-bond donors (Lipinski definition) is 1. The van der Waals surface area contributed by atoms with Gasteiger partial charge in [-0.1, -0.05) is 6.92 Å². The summed E-state index contributed by atoms with van der Waals surface area (Å²) < 4.78 is 10.00. The SMILES string of the molecule is CCC(N)(CCOC)CCOC. The minimum atomic E-state index is -0.105. The summed E-state index contributed by atoms with van der Waals surface area (Å²) in [6.07, 6.45) is 2.78. The molecule has 0 aliphatic heterocycles. The van der Waals surface area contributed by atoms with E-state index in [0.29, 0.717) is 0 Å². The van der Waals surface area contributed by atoms with Crippen molar-refractivity contribution in [3.05, 3.63) is 0 Å². The molecule has 0 aromatic heterocycles. The van der Waals surface area contributed by atoms with Crippen LogP contribution < -0.4 is 5.73 Å². The Hall–Kier alpha value is -0.120. The number of rotatable bonds is 7. The third-order valence-corrected chi connectivity index (χ3v) is 2.31. The molecule has 12 heavy (non-hydrogen) atoms. The quantitative estimate of drug-likeness (QED) is 0.631. The second-order valence-corrected chi connectivity index (χ2v) is 3.20. The monoisotopic (exact) mass is 175 g/mol. The van der Waals surface area contributed by atoms with Gasteiger partial charge in [0.25, 0.3) is 0 Å². The van der Waals surface area contributed by atoms with Gasteiger partial charge >= 0.3 is 0 Å². The molecule has 0 heterocycles. The van der Waals surface area contributed by atoms with Gasteiger partial charge in [0.1, 0.15) is 0 Å². The normalized spacial score (nSPS) is 12.0. The van der Waals surface area contributed by atoms with Gasteiger partial charge in [0.15, 0.2) is 0 Å². The first-order valence-electron chi connectivity index (χ1n) is 4.45. The maximum Gasteiger partial charge on any atom is 0.0479 e. The van der Waals surface area contributed by atoms with Crippen LogP contribution in [-0.4, -0.2) is 33.0 Å². The number of ether oxygens (including phenoxy) is 2. The molecule has 0 rings (SSSR count). The zero-order valence-electron chi connectivity index (χ0n) is 8.43. The first-order valence-corrected chi connectivity index (χ1v) is 4.45. The Morgan fingerprint density at radius 1 is 1.08 bits per heavy atom. The molecule has 0 fully saturated rings. The Labute approximate surface area is 75.2 Å². The van der Waals surface area contributed by atoms with Crippen molar-refractivity contribution in [3.8, 4) is 0 Å². The van der Waals surface area contributed by atoms with E-state index < -0.39 is 0 Å². The molecule has 3 heteroatoms. The van der Waals surface area contributed by atoms with Gasteiger partial charge in [0.2, 0.25) is 0 Å². The van der Waals surface area contributed by atoms with Crippen molar-refractivity contribution in [2.45, 2.75) is 31.7 Å². The molecule has 0 bridgehead atoms. The Morgan fingerprint density at radius 2 is 1.50 bits per heavy atom. The van der Waals surface area contributed by atoms with E-state index in [1.807, 2.05) is 0 Å². The zero-order valence-corrected chi connectivity index (χ0v) is 8.43. The van der Waals surface area contributed by atoms with Crippen LogP contribution in [0.4, 0.5) is 0 Å². The van der Waals surface area contributed by atoms with Crippen molar-refractivity contribution < 1.29 is 9.47 Å². The Kier molecular flexibility index (Phi) is 6.34. The summed E-state index contributed by atoms with van der Waals surface area (Å²) in [6, 6.07) is 0. The molecular formula is C9H21NO2. The van der Waals surface area contributed by atoms with Gasteiger partial charge in [-0.3, -0.25) is 0 Å². The maximum absolute atomic E-state index is 6.11. The molecule has 0 unspecified atom stereocenters. The summed E-state index contributed by atoms with van der Waals surface area (Å²) >= 11 is 0. The molecule has 0 amide bonds. The summed E-state index contributed by atoms with van der Waals surface area (Å²) in [7, 11) is 3.40. The van der Waals surface area contributed by atoms with Gasteiger partial charge in [-0.2, -0.15) is 0 Å². The Balaban J connectivity index is 3.70. The van der Waals surface area contributed by atoms with Crippen molar-refractivity contribution in [2.24, 2.45) is 5.73 Å². The topological polar surface area (TPSA) is 44.5 Å². The lowest BCUT2D eigenvalue weighted by Gasteiger charge is -2.27. The van der Waals surface area contributed by atoms with E-state index in [1.165, 1.54) is 0 Å². The van der Waals surface area contributed by atoms with E-state index in [2.05, 4.69) is 6.92 Å². The summed E-state index contributed by atoms with van der Waals surface area (Å²) in [6.45, 7) is 3.56. The second kappa shape index (κ2) is 6.40. The Morgan fingerprint density at radius 3 is 1.75 bits per heavy atom. The fourth-order valence-corrected chi connectivity index (χ4v) is 1.09. The van der Waals surface area contributed by atoms with Gasteiger partial charge in [-0.15, -0.1) is 0 Å². The van der Waals surface area contributed by atoms with E-state index in [0.717, 1.165) is 32.5 Å². The molecular weight excluding hydrogens is 154 g/mol. The van der Waals surface area contributed by atoms with Crippen LogP contribution in [0.25, 0.3) is 0 Å². The first kappa shape index (κ1) is 11.9. The van der Waals surface area contributed by atoms with Gasteiger partial charge in [0.05, 0.1) is 0 Å². The molecule has 0 saturated heterocycles. The van der Waals surface area contributed by atoms with Crippen molar-refractivity contribution in [3.63, 3.8) is 0 Å². The minimum absolute atomic E-state index is 0.105. The van der Waals surface area contributed by atoms with E-state index in [1.54, 1.807) is 14.2 Å². The molecule has 0 saturated carbocycles. The van der Waals surface area contributed by atoms with Crippen molar-refractivity contribution >= 4 is 0 Å². The molecule has 0 radical (unpaired) electrons. The summed E-state index contributed by atoms with van der Waals surface area (Å²) in [5.41, 5.74) is 6.00. The molecule has 0 aromatic rings. The van der Waals surface area contributed by atoms with Gasteiger partial charge in [0, 0.05) is 33.0 Å². The third-order valence-electron chi connectivity index (χ3n) is 2.31. The summed E-state index contributed by atoms with van der Waals surface area (Å²) in [4.78, 5) is 0. The summed E-state index contributed by atoms with van der Waals surface area (Å²) in [5, 5.41) is 0. The first-order chi connectivity index (χ1) is 5.68. The minimum Gasteiger partial charge on any atom is -0.385 e. The molecule has 0 atom stereocenters. The molecule has 3 nitrogen and oxygen atoms in total. The van der Waals surface area contributed by atoms with Crippen LogP contribution >= 0.6 is 0 Å². The highest BCUT2D eigenvalue weighted by Gasteiger charge is 2.21. The summed E-state index contributed by atoms with van der Waals surface area (Å²) in [5.74, 6) is 0. The van der Waals surface area contributed by atoms with Crippen molar-refractivity contribution in [1.29, 1.82) is 0 Å². The zero-order chi connectivity index (χ0) is 9.45. The average molecular weight is 175 g/mol. The fraction of sp³-hybridized carbons (Fsp3) is 1.00. The van der Waals surface area contributed by atoms with Crippen LogP contribution in [0.15, 0.2) is 0 Å². The van der Waals surface area contributed by atoms with Crippen molar-refractivity contribution in [1.82, 2.24) is 0 Å². The van der Waals surface area contributed by atoms with E-state index in [-0.39, 0.29) is 5.54 Å². The largest absolute Gasteiger partial charge is 0.385 e. The predicted octanol–water partition coefficient (Wildman–Crippen LogP) is 1.17. The predicted molar refractivity (Wildman–Crippen MR) is 50.2 cm³/mol.